The van der Waals surface area contributed by atoms with E-state index in [0.717, 1.165) is 0 Å². The minimum atomic E-state index is -0.491. The molecule has 2 aromatic rings. The standard InChI is InChI=1S/C11H12N4O4/c1-14-11(12-7-13-14)6-19-10-5-8(15(16)17)3-4-9(10)18-2/h3-5,7H,6H2,1-2H3. The lowest BCUT2D eigenvalue weighted by molar-refractivity contribution is -0.385. The van der Waals surface area contributed by atoms with E-state index in [9.17, 15) is 10.1 Å². The third-order valence-corrected chi connectivity index (χ3v) is 2.52. The minimum absolute atomic E-state index is 0.0613. The van der Waals surface area contributed by atoms with Crippen molar-refractivity contribution in [1.29, 1.82) is 0 Å². The summed E-state index contributed by atoms with van der Waals surface area (Å²) < 4.78 is 12.1. The highest BCUT2D eigenvalue weighted by Crippen LogP contribution is 2.31. The van der Waals surface area contributed by atoms with Crippen LogP contribution < -0.4 is 9.47 Å². The Morgan fingerprint density at radius 3 is 2.79 bits per heavy atom. The molecule has 8 nitrogen and oxygen atoms in total. The number of nitrogens with zero attached hydrogens (tertiary/aromatic N) is 4. The molecule has 1 heterocycles. The Bertz CT molecular complexity index is 596. The van der Waals surface area contributed by atoms with E-state index in [-0.39, 0.29) is 12.3 Å². The highest BCUT2D eigenvalue weighted by molar-refractivity contribution is 5.48. The summed E-state index contributed by atoms with van der Waals surface area (Å²) in [5.74, 6) is 1.32. The van der Waals surface area contributed by atoms with Crippen LogP contribution >= 0.6 is 0 Å². The SMILES string of the molecule is COc1ccc([N+](=O)[O-])cc1OCc1ncnn1C. The van der Waals surface area contributed by atoms with Crippen LogP contribution in [0.2, 0.25) is 0 Å². The van der Waals surface area contributed by atoms with Crippen molar-refractivity contribution < 1.29 is 14.4 Å². The largest absolute Gasteiger partial charge is 0.493 e. The predicted molar refractivity (Wildman–Crippen MR) is 65.0 cm³/mol. The van der Waals surface area contributed by atoms with Crippen molar-refractivity contribution >= 4 is 5.69 Å². The average molecular weight is 264 g/mol. The first kappa shape index (κ1) is 12.8. The van der Waals surface area contributed by atoms with Gasteiger partial charge in [0, 0.05) is 13.1 Å². The summed E-state index contributed by atoms with van der Waals surface area (Å²) in [7, 11) is 3.20. The smallest absolute Gasteiger partial charge is 0.273 e. The number of aryl methyl sites for hydroxylation is 1. The van der Waals surface area contributed by atoms with Crippen molar-refractivity contribution in [3.63, 3.8) is 0 Å². The molecule has 0 saturated carbocycles. The number of methoxy groups -OCH3 is 1. The van der Waals surface area contributed by atoms with Gasteiger partial charge >= 0.3 is 0 Å². The molecule has 0 aliphatic rings. The van der Waals surface area contributed by atoms with Gasteiger partial charge in [0.1, 0.15) is 12.9 Å². The third kappa shape index (κ3) is 2.79. The second-order valence-corrected chi connectivity index (χ2v) is 3.68. The molecule has 0 N–H and O–H groups in total. The number of nitro groups is 1. The van der Waals surface area contributed by atoms with Crippen LogP contribution in [0.15, 0.2) is 24.5 Å². The first-order valence-electron chi connectivity index (χ1n) is 5.40. The molecule has 0 aliphatic heterocycles. The molecule has 0 fully saturated rings. The maximum atomic E-state index is 10.7. The molecule has 0 radical (unpaired) electrons. The Balaban J connectivity index is 2.20. The Labute approximate surface area is 108 Å². The third-order valence-electron chi connectivity index (χ3n) is 2.52. The zero-order valence-electron chi connectivity index (χ0n) is 10.4. The Hall–Kier alpha value is -2.64. The van der Waals surface area contributed by atoms with Gasteiger partial charge in [-0.25, -0.2) is 4.98 Å². The van der Waals surface area contributed by atoms with Gasteiger partial charge in [-0.1, -0.05) is 0 Å². The second kappa shape index (κ2) is 5.34. The lowest BCUT2D eigenvalue weighted by atomic mass is 10.3. The van der Waals surface area contributed by atoms with Crippen LogP contribution in [0.3, 0.4) is 0 Å². The number of nitro benzene ring substituents is 1. The fourth-order valence-electron chi connectivity index (χ4n) is 1.48. The number of ether oxygens (including phenoxy) is 2. The molecule has 19 heavy (non-hydrogen) atoms. The van der Waals surface area contributed by atoms with Gasteiger partial charge in [0.25, 0.3) is 5.69 Å². The second-order valence-electron chi connectivity index (χ2n) is 3.68. The number of hydrogen-bond donors (Lipinski definition) is 0. The van der Waals surface area contributed by atoms with Gasteiger partial charge in [0.15, 0.2) is 17.3 Å². The van der Waals surface area contributed by atoms with E-state index >= 15 is 0 Å². The summed E-state index contributed by atoms with van der Waals surface area (Å²) in [6.45, 7) is 0.147. The maximum absolute atomic E-state index is 10.7. The van der Waals surface area contributed by atoms with Gasteiger partial charge in [-0.15, -0.1) is 0 Å². The van der Waals surface area contributed by atoms with Crippen LogP contribution in [0, 0.1) is 10.1 Å². The molecule has 0 amide bonds. The van der Waals surface area contributed by atoms with Gasteiger partial charge in [-0.05, 0) is 6.07 Å². The van der Waals surface area contributed by atoms with Crippen molar-refractivity contribution in [2.75, 3.05) is 7.11 Å². The summed E-state index contributed by atoms with van der Waals surface area (Å²) in [5, 5.41) is 14.6. The molecule has 0 bridgehead atoms. The fraction of sp³-hybridized carbons (Fsp3) is 0.273. The maximum Gasteiger partial charge on any atom is 0.273 e. The molecule has 0 unspecified atom stereocenters. The average Bonchev–Trinajstić information content (AvgIpc) is 2.81. The monoisotopic (exact) mass is 264 g/mol. The molecule has 100 valence electrons. The van der Waals surface area contributed by atoms with Crippen LogP contribution in [0.5, 0.6) is 11.5 Å². The summed E-state index contributed by atoms with van der Waals surface area (Å²) in [6.07, 6.45) is 1.41. The molecular weight excluding hydrogens is 252 g/mol. The van der Waals surface area contributed by atoms with E-state index in [4.69, 9.17) is 9.47 Å². The van der Waals surface area contributed by atoms with E-state index in [1.807, 2.05) is 0 Å². The Kier molecular flexibility index (Phi) is 3.60. The first-order chi connectivity index (χ1) is 9.11. The van der Waals surface area contributed by atoms with Crippen molar-refractivity contribution in [3.8, 4) is 11.5 Å². The number of rotatable bonds is 5. The van der Waals surface area contributed by atoms with Crippen molar-refractivity contribution in [2.45, 2.75) is 6.61 Å². The molecule has 1 aromatic carbocycles. The lowest BCUT2D eigenvalue weighted by Gasteiger charge is -2.09. The number of benzene rings is 1. The van der Waals surface area contributed by atoms with Crippen molar-refractivity contribution in [2.24, 2.45) is 7.05 Å². The summed E-state index contributed by atoms with van der Waals surface area (Å²) in [6, 6.07) is 4.16. The number of non-ortho nitro benzene ring substituents is 1. The molecule has 2 rings (SSSR count). The highest BCUT2D eigenvalue weighted by Gasteiger charge is 2.13. The minimum Gasteiger partial charge on any atom is -0.493 e. The topological polar surface area (TPSA) is 92.3 Å². The van der Waals surface area contributed by atoms with Gasteiger partial charge in [0.05, 0.1) is 18.1 Å². The van der Waals surface area contributed by atoms with E-state index in [2.05, 4.69) is 10.1 Å². The van der Waals surface area contributed by atoms with Crippen LogP contribution in [-0.2, 0) is 13.7 Å². The van der Waals surface area contributed by atoms with E-state index in [1.165, 1.54) is 31.6 Å². The highest BCUT2D eigenvalue weighted by atomic mass is 16.6. The molecule has 1 aromatic heterocycles. The summed E-state index contributed by atoms with van der Waals surface area (Å²) in [4.78, 5) is 14.2. The van der Waals surface area contributed by atoms with Crippen LogP contribution in [0.25, 0.3) is 0 Å². The van der Waals surface area contributed by atoms with Crippen molar-refractivity contribution in [1.82, 2.24) is 14.8 Å². The zero-order valence-corrected chi connectivity index (χ0v) is 10.4. The Morgan fingerprint density at radius 1 is 1.42 bits per heavy atom. The van der Waals surface area contributed by atoms with Crippen LogP contribution in [0.4, 0.5) is 5.69 Å². The normalized spacial score (nSPS) is 10.2. The molecule has 0 atom stereocenters. The molecule has 0 spiro atoms. The first-order valence-corrected chi connectivity index (χ1v) is 5.40. The molecule has 0 aliphatic carbocycles. The number of hydrogen-bond acceptors (Lipinski definition) is 6. The molecule has 8 heteroatoms. The van der Waals surface area contributed by atoms with Gasteiger partial charge in [-0.2, -0.15) is 5.10 Å². The Morgan fingerprint density at radius 2 is 2.21 bits per heavy atom. The summed E-state index contributed by atoms with van der Waals surface area (Å²) in [5.41, 5.74) is -0.0613. The van der Waals surface area contributed by atoms with Gasteiger partial charge < -0.3 is 9.47 Å². The van der Waals surface area contributed by atoms with Crippen LogP contribution in [-0.4, -0.2) is 26.8 Å². The summed E-state index contributed by atoms with van der Waals surface area (Å²) >= 11 is 0. The fourth-order valence-corrected chi connectivity index (χ4v) is 1.48. The van der Waals surface area contributed by atoms with Crippen molar-refractivity contribution in [3.05, 3.63) is 40.5 Å². The molecule has 0 saturated heterocycles. The zero-order chi connectivity index (χ0) is 13.8. The van der Waals surface area contributed by atoms with E-state index in [0.29, 0.717) is 17.3 Å². The van der Waals surface area contributed by atoms with Gasteiger partial charge in [0.2, 0.25) is 0 Å². The van der Waals surface area contributed by atoms with Crippen LogP contribution in [0.1, 0.15) is 5.82 Å². The van der Waals surface area contributed by atoms with E-state index < -0.39 is 4.92 Å². The molecular formula is C11H12N4O4. The van der Waals surface area contributed by atoms with Gasteiger partial charge in [-0.3, -0.25) is 14.8 Å². The number of aromatic nitrogens is 3. The predicted octanol–water partition coefficient (Wildman–Crippen LogP) is 1.31. The quantitative estimate of drug-likeness (QED) is 0.597. The lowest BCUT2D eigenvalue weighted by Crippen LogP contribution is -2.05. The van der Waals surface area contributed by atoms with E-state index in [1.54, 1.807) is 11.7 Å².